The van der Waals surface area contributed by atoms with Gasteiger partial charge in [-0.1, -0.05) is 42.8 Å². The third kappa shape index (κ3) is 11.5. The van der Waals surface area contributed by atoms with E-state index in [2.05, 4.69) is 28.4 Å². The number of nitriles is 1. The number of carbonyl (C=O) groups is 3. The van der Waals surface area contributed by atoms with Crippen molar-refractivity contribution >= 4 is 92.8 Å². The van der Waals surface area contributed by atoms with Gasteiger partial charge in [0.15, 0.2) is 0 Å². The van der Waals surface area contributed by atoms with Crippen LogP contribution in [0.4, 0.5) is 21.9 Å². The first-order chi connectivity index (χ1) is 26.3. The number of halogens is 1. The van der Waals surface area contributed by atoms with Crippen LogP contribution in [0.15, 0.2) is 107 Å². The summed E-state index contributed by atoms with van der Waals surface area (Å²) in [7, 11) is 1.67. The number of carbonyl (C=O) groups excluding carboxylic acids is 1. The second-order valence-electron chi connectivity index (χ2n) is 11.8. The van der Waals surface area contributed by atoms with E-state index in [0.717, 1.165) is 35.4 Å². The standard InChI is InChI=1S/C14H10N2O6.C14H16O2.C11H9ClN4O.Na.H/c17-11-3-1-7(5-9(11)13(19)20)15-16-8-2-4-12(18)10(6-8)14(21)22;1-10(9-15)11-3-4-13-8-14(16-2)6-5-12(13)7-11;12-8-1-3-9(4-2-8)16-10(14)7-15(6-5-13)11(16)17;;/h1-6,17-18H,(H,19,20)(H,21,22);3-8,10,15H,9H2,1-2H3;1-4,14H,6-7H2;;/b16-15+;;;;/t;10-;;;/m.1.../s1. The van der Waals surface area contributed by atoms with Gasteiger partial charge in [0.2, 0.25) is 0 Å². The first kappa shape index (κ1) is 44.4. The average Bonchev–Trinajstić information content (AvgIpc) is 3.46. The van der Waals surface area contributed by atoms with E-state index in [1.807, 2.05) is 31.2 Å². The minimum absolute atomic E-state index is 0. The van der Waals surface area contributed by atoms with Crippen LogP contribution >= 0.6 is 11.6 Å². The molecule has 2 amide bonds. The van der Waals surface area contributed by atoms with Gasteiger partial charge in [0.1, 0.15) is 40.8 Å². The Balaban J connectivity index is 0.000000227. The number of urea groups is 1. The van der Waals surface area contributed by atoms with E-state index >= 15 is 0 Å². The number of aliphatic hydroxyl groups excluding tert-OH is 1. The second-order valence-corrected chi connectivity index (χ2v) is 12.3. The topological polar surface area (TPSA) is 240 Å². The molecular weight excluding hydrogens is 755 g/mol. The zero-order chi connectivity index (χ0) is 40.2. The van der Waals surface area contributed by atoms with Gasteiger partial charge < -0.3 is 35.2 Å². The van der Waals surface area contributed by atoms with E-state index < -0.39 is 23.4 Å². The zero-order valence-corrected chi connectivity index (χ0v) is 30.2. The number of nitrogens with zero attached hydrogens (tertiary/aromatic N) is 5. The molecule has 284 valence electrons. The van der Waals surface area contributed by atoms with Crippen LogP contribution in [0.3, 0.4) is 0 Å². The van der Waals surface area contributed by atoms with Crippen LogP contribution in [0.1, 0.15) is 39.1 Å². The number of methoxy groups -OCH3 is 1. The summed E-state index contributed by atoms with van der Waals surface area (Å²) in [6.45, 7) is 2.35. The fourth-order valence-corrected chi connectivity index (χ4v) is 5.18. The molecular formula is C39H36ClN6NaO9. The third-order valence-electron chi connectivity index (χ3n) is 8.04. The Morgan fingerprint density at radius 2 is 1.41 bits per heavy atom. The molecule has 6 rings (SSSR count). The van der Waals surface area contributed by atoms with E-state index in [1.54, 1.807) is 31.4 Å². The summed E-state index contributed by atoms with van der Waals surface area (Å²) in [5.74, 6) is -2.21. The Morgan fingerprint density at radius 1 is 0.875 bits per heavy atom. The molecule has 5 aromatic carbocycles. The molecule has 17 heteroatoms. The molecule has 0 bridgehead atoms. The van der Waals surface area contributed by atoms with Gasteiger partial charge in [-0.25, -0.2) is 19.3 Å². The van der Waals surface area contributed by atoms with Gasteiger partial charge in [0, 0.05) is 17.5 Å². The van der Waals surface area contributed by atoms with Gasteiger partial charge in [0.25, 0.3) is 0 Å². The van der Waals surface area contributed by atoms with Crippen molar-refractivity contribution in [1.82, 2.24) is 4.90 Å². The number of azo groups is 1. The molecule has 0 spiro atoms. The molecule has 0 unspecified atom stereocenters. The number of hydrogen-bond acceptors (Lipinski definition) is 11. The van der Waals surface area contributed by atoms with Crippen LogP contribution < -0.4 is 9.64 Å². The SMILES string of the molecule is COc1ccc2cc([C@H](C)CO)ccc2c1.N#CCN1CC(=N)N(c2ccc(Cl)cc2)C1=O.O=C(O)c1cc(/N=N/c2ccc(O)c(C(=O)O)c2)ccc1O.[NaH]. The number of aromatic carboxylic acids is 2. The van der Waals surface area contributed by atoms with Crippen molar-refractivity contribution in [1.29, 1.82) is 10.7 Å². The number of carboxylic acids is 2. The van der Waals surface area contributed by atoms with Gasteiger partial charge in [-0.2, -0.15) is 15.5 Å². The van der Waals surface area contributed by atoms with Crippen LogP contribution in [0, 0.1) is 16.7 Å². The second kappa shape index (κ2) is 20.6. The molecule has 1 atom stereocenters. The molecule has 0 radical (unpaired) electrons. The Kier molecular flexibility index (Phi) is 16.3. The molecule has 0 saturated carbocycles. The van der Waals surface area contributed by atoms with Gasteiger partial charge in [0.05, 0.1) is 36.8 Å². The fourth-order valence-electron chi connectivity index (χ4n) is 5.05. The van der Waals surface area contributed by atoms with Crippen molar-refractivity contribution in [3.05, 3.63) is 119 Å². The number of anilines is 1. The van der Waals surface area contributed by atoms with Gasteiger partial charge in [-0.15, -0.1) is 0 Å². The van der Waals surface area contributed by atoms with Crippen LogP contribution in [0.2, 0.25) is 5.02 Å². The summed E-state index contributed by atoms with van der Waals surface area (Å²) in [6.07, 6.45) is 0. The number of fused-ring (bicyclic) bond motifs is 1. The maximum atomic E-state index is 11.9. The van der Waals surface area contributed by atoms with E-state index in [1.165, 1.54) is 32.9 Å². The number of ether oxygens (including phenoxy) is 1. The summed E-state index contributed by atoms with van der Waals surface area (Å²) in [4.78, 5) is 36.3. The van der Waals surface area contributed by atoms with Crippen molar-refractivity contribution in [2.45, 2.75) is 12.8 Å². The maximum absolute atomic E-state index is 11.9. The molecule has 1 aliphatic heterocycles. The van der Waals surface area contributed by atoms with Crippen LogP contribution in [0.5, 0.6) is 17.2 Å². The van der Waals surface area contributed by atoms with Crippen molar-refractivity contribution in [2.24, 2.45) is 10.2 Å². The summed E-state index contributed by atoms with van der Waals surface area (Å²) >= 11 is 5.76. The summed E-state index contributed by atoms with van der Waals surface area (Å²) in [5.41, 5.74) is 1.44. The normalized spacial score (nSPS) is 12.5. The number of rotatable bonds is 9. The molecule has 0 aromatic heterocycles. The van der Waals surface area contributed by atoms with Crippen molar-refractivity contribution in [3.63, 3.8) is 0 Å². The molecule has 1 aliphatic rings. The predicted octanol–water partition coefficient (Wildman–Crippen LogP) is 7.29. The van der Waals surface area contributed by atoms with E-state index in [-0.39, 0.29) is 89.5 Å². The molecule has 15 nitrogen and oxygen atoms in total. The zero-order valence-electron chi connectivity index (χ0n) is 29.4. The number of phenols is 2. The Hall–Kier alpha value is -6.02. The molecule has 56 heavy (non-hydrogen) atoms. The van der Waals surface area contributed by atoms with Crippen molar-refractivity contribution < 1.29 is 44.7 Å². The van der Waals surface area contributed by atoms with Gasteiger partial charge >= 0.3 is 47.5 Å². The molecule has 1 saturated heterocycles. The third-order valence-corrected chi connectivity index (χ3v) is 8.29. The average molecular weight is 791 g/mol. The number of amidine groups is 1. The van der Waals surface area contributed by atoms with E-state index in [0.29, 0.717) is 10.7 Å². The quantitative estimate of drug-likeness (QED) is 0.0495. The Labute approximate surface area is 348 Å². The molecule has 6 N–H and O–H groups in total. The number of benzene rings is 5. The number of nitrogens with one attached hydrogen (secondary N) is 1. The number of hydrogen-bond donors (Lipinski definition) is 6. The Morgan fingerprint density at radius 3 is 1.91 bits per heavy atom. The summed E-state index contributed by atoms with van der Waals surface area (Å²) < 4.78 is 5.18. The first-order valence-corrected chi connectivity index (χ1v) is 16.7. The number of amides is 2. The van der Waals surface area contributed by atoms with Crippen molar-refractivity contribution in [2.75, 3.05) is 31.7 Å². The number of aliphatic hydroxyl groups is 1. The summed E-state index contributed by atoms with van der Waals surface area (Å²) in [6, 6.07) is 27.8. The van der Waals surface area contributed by atoms with Crippen LogP contribution in [-0.2, 0) is 0 Å². The van der Waals surface area contributed by atoms with Gasteiger partial charge in [-0.3, -0.25) is 5.41 Å². The Bertz CT molecular complexity index is 2230. The van der Waals surface area contributed by atoms with Gasteiger partial charge in [-0.05, 0) is 89.1 Å². The number of carboxylic acid groups (broad SMARTS) is 2. The number of aromatic hydroxyl groups is 2. The monoisotopic (exact) mass is 790 g/mol. The molecule has 1 heterocycles. The predicted molar refractivity (Wildman–Crippen MR) is 212 cm³/mol. The van der Waals surface area contributed by atoms with E-state index in [9.17, 15) is 24.6 Å². The van der Waals surface area contributed by atoms with E-state index in [4.69, 9.17) is 42.3 Å². The fraction of sp³-hybridized carbons (Fsp3) is 0.154. The summed E-state index contributed by atoms with van der Waals surface area (Å²) in [5, 5.41) is 72.4. The first-order valence-electron chi connectivity index (χ1n) is 16.3. The molecule has 5 aromatic rings. The molecule has 0 aliphatic carbocycles. The van der Waals surface area contributed by atoms with Crippen LogP contribution in [0.25, 0.3) is 10.8 Å². The molecule has 1 fully saturated rings. The van der Waals surface area contributed by atoms with Crippen LogP contribution in [-0.4, -0.2) is 111 Å². The minimum atomic E-state index is -1.31. The van der Waals surface area contributed by atoms with Crippen molar-refractivity contribution in [3.8, 4) is 23.3 Å².